The number of aromatic hydroxyl groups is 1. The number of phenols is 1. The minimum absolute atomic E-state index is 0.0756. The summed E-state index contributed by atoms with van der Waals surface area (Å²) in [6.45, 7) is 1.94. The largest absolute Gasteiger partial charge is 0.507 e. The molecule has 0 aliphatic carbocycles. The number of phenolic OH excluding ortho intramolecular Hbond substituents is 1. The van der Waals surface area contributed by atoms with Crippen LogP contribution in [0.3, 0.4) is 0 Å². The van der Waals surface area contributed by atoms with Crippen LogP contribution in [-0.4, -0.2) is 15.8 Å². The lowest BCUT2D eigenvalue weighted by molar-refractivity contribution is -0.115. The van der Waals surface area contributed by atoms with E-state index in [1.54, 1.807) is 12.1 Å². The number of alkyl halides is 1. The van der Waals surface area contributed by atoms with E-state index in [9.17, 15) is 9.90 Å². The maximum atomic E-state index is 11.9. The standard InChI is InChI=1S/C14H14BrNO2/c1-2-11(15)14(18)16-12-7-3-6-10-9(12)5-4-8-13(10)17/h3-8,11,17H,2H2,1H3,(H,16,18). The fourth-order valence-corrected chi connectivity index (χ4v) is 1.91. The molecule has 3 nitrogen and oxygen atoms in total. The highest BCUT2D eigenvalue weighted by Gasteiger charge is 2.13. The normalized spacial score (nSPS) is 12.3. The first-order valence-corrected chi connectivity index (χ1v) is 6.70. The van der Waals surface area contributed by atoms with Crippen molar-refractivity contribution in [2.24, 2.45) is 0 Å². The van der Waals surface area contributed by atoms with Crippen molar-refractivity contribution in [2.75, 3.05) is 5.32 Å². The van der Waals surface area contributed by atoms with Crippen molar-refractivity contribution < 1.29 is 9.90 Å². The molecule has 2 N–H and O–H groups in total. The van der Waals surface area contributed by atoms with E-state index in [1.807, 2.05) is 31.2 Å². The zero-order valence-corrected chi connectivity index (χ0v) is 11.6. The number of rotatable bonds is 3. The van der Waals surface area contributed by atoms with E-state index < -0.39 is 0 Å². The van der Waals surface area contributed by atoms with Gasteiger partial charge < -0.3 is 10.4 Å². The Morgan fingerprint density at radius 1 is 1.28 bits per heavy atom. The molecule has 1 amide bonds. The topological polar surface area (TPSA) is 49.3 Å². The highest BCUT2D eigenvalue weighted by Crippen LogP contribution is 2.30. The second-order valence-electron chi connectivity index (χ2n) is 4.04. The highest BCUT2D eigenvalue weighted by molar-refractivity contribution is 9.10. The minimum atomic E-state index is -0.204. The first kappa shape index (κ1) is 12.9. The SMILES string of the molecule is CCC(Br)C(=O)Nc1cccc2c(O)cccc12. The van der Waals surface area contributed by atoms with E-state index in [0.29, 0.717) is 5.69 Å². The van der Waals surface area contributed by atoms with Crippen LogP contribution >= 0.6 is 15.9 Å². The molecule has 0 heterocycles. The molecule has 94 valence electrons. The molecule has 0 saturated heterocycles. The van der Waals surface area contributed by atoms with E-state index >= 15 is 0 Å². The van der Waals surface area contributed by atoms with Crippen molar-refractivity contribution in [3.63, 3.8) is 0 Å². The molecule has 2 aromatic carbocycles. The van der Waals surface area contributed by atoms with Gasteiger partial charge in [-0.25, -0.2) is 0 Å². The van der Waals surface area contributed by atoms with Crippen LogP contribution in [0.15, 0.2) is 36.4 Å². The molecule has 0 fully saturated rings. The Bertz CT molecular complexity index is 583. The van der Waals surface area contributed by atoms with Crippen molar-refractivity contribution in [2.45, 2.75) is 18.2 Å². The second-order valence-corrected chi connectivity index (χ2v) is 5.15. The zero-order chi connectivity index (χ0) is 13.1. The number of fused-ring (bicyclic) bond motifs is 1. The Labute approximate surface area is 114 Å². The second kappa shape index (κ2) is 5.40. The number of carbonyl (C=O) groups excluding carboxylic acids is 1. The molecule has 0 aromatic heterocycles. The molecule has 0 bridgehead atoms. The lowest BCUT2D eigenvalue weighted by atomic mass is 10.1. The summed E-state index contributed by atoms with van der Waals surface area (Å²) in [5.41, 5.74) is 0.714. The van der Waals surface area contributed by atoms with Crippen LogP contribution in [0.2, 0.25) is 0 Å². The Morgan fingerprint density at radius 2 is 1.94 bits per heavy atom. The third-order valence-corrected chi connectivity index (χ3v) is 3.86. The van der Waals surface area contributed by atoms with Gasteiger partial charge in [0.05, 0.1) is 4.83 Å². The monoisotopic (exact) mass is 307 g/mol. The van der Waals surface area contributed by atoms with Gasteiger partial charge in [-0.15, -0.1) is 0 Å². The Morgan fingerprint density at radius 3 is 2.67 bits per heavy atom. The Hall–Kier alpha value is -1.55. The highest BCUT2D eigenvalue weighted by atomic mass is 79.9. The molecule has 1 unspecified atom stereocenters. The summed E-state index contributed by atoms with van der Waals surface area (Å²) >= 11 is 3.32. The van der Waals surface area contributed by atoms with Gasteiger partial charge in [0.1, 0.15) is 5.75 Å². The first-order chi connectivity index (χ1) is 8.63. The molecule has 2 aromatic rings. The van der Waals surface area contributed by atoms with E-state index in [4.69, 9.17) is 0 Å². The number of hydrogen-bond acceptors (Lipinski definition) is 2. The van der Waals surface area contributed by atoms with Crippen LogP contribution in [0.25, 0.3) is 10.8 Å². The quantitative estimate of drug-likeness (QED) is 0.850. The molecule has 0 aliphatic rings. The molecular weight excluding hydrogens is 294 g/mol. The summed E-state index contributed by atoms with van der Waals surface area (Å²) in [6.07, 6.45) is 0.724. The smallest absolute Gasteiger partial charge is 0.238 e. The summed E-state index contributed by atoms with van der Waals surface area (Å²) < 4.78 is 0. The van der Waals surface area contributed by atoms with Gasteiger partial charge >= 0.3 is 0 Å². The van der Waals surface area contributed by atoms with Gasteiger partial charge in [-0.1, -0.05) is 47.1 Å². The molecule has 4 heteroatoms. The van der Waals surface area contributed by atoms with Crippen LogP contribution in [0.4, 0.5) is 5.69 Å². The summed E-state index contributed by atoms with van der Waals surface area (Å²) in [5, 5.41) is 14.2. The average Bonchev–Trinajstić information content (AvgIpc) is 2.39. The maximum Gasteiger partial charge on any atom is 0.238 e. The van der Waals surface area contributed by atoms with Crippen LogP contribution in [0.5, 0.6) is 5.75 Å². The number of amides is 1. The van der Waals surface area contributed by atoms with Gasteiger partial charge in [0, 0.05) is 16.5 Å². The number of carbonyl (C=O) groups is 1. The van der Waals surface area contributed by atoms with E-state index in [2.05, 4.69) is 21.2 Å². The number of halogens is 1. The molecule has 0 saturated carbocycles. The summed E-state index contributed by atoms with van der Waals surface area (Å²) in [5.74, 6) is 0.142. The van der Waals surface area contributed by atoms with Crippen LogP contribution < -0.4 is 5.32 Å². The molecule has 0 aliphatic heterocycles. The summed E-state index contributed by atoms with van der Waals surface area (Å²) in [6, 6.07) is 10.7. The van der Waals surface area contributed by atoms with Crippen LogP contribution in [0.1, 0.15) is 13.3 Å². The molecule has 0 spiro atoms. The van der Waals surface area contributed by atoms with E-state index in [0.717, 1.165) is 17.2 Å². The number of anilines is 1. The van der Waals surface area contributed by atoms with Gasteiger partial charge in [0.2, 0.25) is 5.91 Å². The van der Waals surface area contributed by atoms with Gasteiger partial charge in [0.15, 0.2) is 0 Å². The predicted molar refractivity (Wildman–Crippen MR) is 77.2 cm³/mol. The van der Waals surface area contributed by atoms with Crippen molar-refractivity contribution in [1.82, 2.24) is 0 Å². The molecular formula is C14H14BrNO2. The average molecular weight is 308 g/mol. The predicted octanol–water partition coefficient (Wildman–Crippen LogP) is 3.66. The molecule has 2 rings (SSSR count). The Balaban J connectivity index is 2.40. The number of benzene rings is 2. The summed E-state index contributed by atoms with van der Waals surface area (Å²) in [7, 11) is 0. The van der Waals surface area contributed by atoms with E-state index in [1.165, 1.54) is 0 Å². The van der Waals surface area contributed by atoms with Crippen molar-refractivity contribution in [3.8, 4) is 5.75 Å². The van der Waals surface area contributed by atoms with Crippen molar-refractivity contribution >= 4 is 38.3 Å². The minimum Gasteiger partial charge on any atom is -0.507 e. The fourth-order valence-electron chi connectivity index (χ4n) is 1.80. The van der Waals surface area contributed by atoms with Gasteiger partial charge in [-0.2, -0.15) is 0 Å². The molecule has 0 radical (unpaired) electrons. The fraction of sp³-hybridized carbons (Fsp3) is 0.214. The lowest BCUT2D eigenvalue weighted by Crippen LogP contribution is -2.22. The van der Waals surface area contributed by atoms with E-state index in [-0.39, 0.29) is 16.5 Å². The molecule has 1 atom stereocenters. The summed E-state index contributed by atoms with van der Waals surface area (Å²) in [4.78, 5) is 11.6. The Kier molecular flexibility index (Phi) is 3.87. The van der Waals surface area contributed by atoms with Gasteiger partial charge in [0.25, 0.3) is 0 Å². The zero-order valence-electron chi connectivity index (χ0n) is 9.98. The lowest BCUT2D eigenvalue weighted by Gasteiger charge is -2.11. The number of hydrogen-bond donors (Lipinski definition) is 2. The molecule has 18 heavy (non-hydrogen) atoms. The third-order valence-electron chi connectivity index (χ3n) is 2.80. The number of nitrogens with one attached hydrogen (secondary N) is 1. The van der Waals surface area contributed by atoms with Crippen molar-refractivity contribution in [1.29, 1.82) is 0 Å². The van der Waals surface area contributed by atoms with Crippen LogP contribution in [-0.2, 0) is 4.79 Å². The van der Waals surface area contributed by atoms with Crippen LogP contribution in [0, 0.1) is 0 Å². The first-order valence-electron chi connectivity index (χ1n) is 5.79. The van der Waals surface area contributed by atoms with Crippen molar-refractivity contribution in [3.05, 3.63) is 36.4 Å². The van der Waals surface area contributed by atoms with Gasteiger partial charge in [-0.3, -0.25) is 4.79 Å². The maximum absolute atomic E-state index is 11.9. The van der Waals surface area contributed by atoms with Gasteiger partial charge in [-0.05, 0) is 18.6 Å². The third kappa shape index (κ3) is 2.48.